The summed E-state index contributed by atoms with van der Waals surface area (Å²) in [7, 11) is 1.93. The number of carbonyl (C=O) groups is 1. The second-order valence-corrected chi connectivity index (χ2v) is 7.90. The molecule has 0 radical (unpaired) electrons. The number of thiophene rings is 1. The quantitative estimate of drug-likeness (QED) is 0.809. The van der Waals surface area contributed by atoms with Gasteiger partial charge < -0.3 is 4.90 Å². The van der Waals surface area contributed by atoms with Gasteiger partial charge in [0, 0.05) is 29.9 Å². The van der Waals surface area contributed by atoms with E-state index in [0.29, 0.717) is 0 Å². The molecular formula is C15H21N3OS. The van der Waals surface area contributed by atoms with E-state index in [1.807, 2.05) is 29.6 Å². The van der Waals surface area contributed by atoms with Crippen LogP contribution in [0.25, 0.3) is 10.2 Å². The lowest BCUT2D eigenvalue weighted by molar-refractivity contribution is -0.0879. The Kier molecular flexibility index (Phi) is 2.62. The average molecular weight is 291 g/mol. The zero-order valence-electron chi connectivity index (χ0n) is 12.9. The standard InChI is InChI=1S/C15H21N3OS/c1-9-10-7-11(20-13(10)17(6)16-9)12(19)18-8-14(2,3)15(18,4)5/h7H,8H2,1-6H3. The van der Waals surface area contributed by atoms with Crippen LogP contribution in [-0.4, -0.2) is 32.7 Å². The van der Waals surface area contributed by atoms with Crippen LogP contribution in [-0.2, 0) is 7.05 Å². The molecule has 3 rings (SSSR count). The first-order valence-corrected chi connectivity index (χ1v) is 7.72. The van der Waals surface area contributed by atoms with E-state index >= 15 is 0 Å². The Morgan fingerprint density at radius 1 is 1.35 bits per heavy atom. The molecule has 0 saturated carbocycles. The van der Waals surface area contributed by atoms with Crippen molar-refractivity contribution in [1.29, 1.82) is 0 Å². The molecule has 0 unspecified atom stereocenters. The minimum atomic E-state index is -0.0897. The lowest BCUT2D eigenvalue weighted by Crippen LogP contribution is -2.70. The third-order valence-corrected chi connectivity index (χ3v) is 6.23. The molecule has 1 fully saturated rings. The minimum Gasteiger partial charge on any atom is -0.332 e. The van der Waals surface area contributed by atoms with Gasteiger partial charge in [0.25, 0.3) is 5.91 Å². The molecule has 2 aromatic rings. The van der Waals surface area contributed by atoms with E-state index in [-0.39, 0.29) is 16.9 Å². The molecule has 1 aliphatic rings. The van der Waals surface area contributed by atoms with Gasteiger partial charge in [-0.2, -0.15) is 5.10 Å². The molecule has 20 heavy (non-hydrogen) atoms. The Labute approximate surface area is 123 Å². The van der Waals surface area contributed by atoms with Crippen LogP contribution in [0, 0.1) is 12.3 Å². The number of carbonyl (C=O) groups excluding carboxylic acids is 1. The summed E-state index contributed by atoms with van der Waals surface area (Å²) in [6, 6.07) is 1.99. The van der Waals surface area contributed by atoms with Crippen LogP contribution in [0.4, 0.5) is 0 Å². The van der Waals surface area contributed by atoms with Crippen LogP contribution >= 0.6 is 11.3 Å². The van der Waals surface area contributed by atoms with Crippen molar-refractivity contribution in [3.63, 3.8) is 0 Å². The largest absolute Gasteiger partial charge is 0.332 e. The summed E-state index contributed by atoms with van der Waals surface area (Å²) >= 11 is 1.54. The Balaban J connectivity index is 1.96. The van der Waals surface area contributed by atoms with Crippen molar-refractivity contribution in [3.05, 3.63) is 16.6 Å². The zero-order chi connectivity index (χ0) is 14.9. The van der Waals surface area contributed by atoms with Crippen molar-refractivity contribution in [1.82, 2.24) is 14.7 Å². The first-order valence-electron chi connectivity index (χ1n) is 6.90. The van der Waals surface area contributed by atoms with Gasteiger partial charge in [0.1, 0.15) is 4.83 Å². The number of aryl methyl sites for hydroxylation is 2. The number of hydrogen-bond acceptors (Lipinski definition) is 3. The summed E-state index contributed by atoms with van der Waals surface area (Å²) in [6.07, 6.45) is 0. The molecule has 2 aromatic heterocycles. The third-order valence-electron chi connectivity index (χ3n) is 5.04. The molecule has 1 aliphatic heterocycles. The van der Waals surface area contributed by atoms with Crippen LogP contribution in [0.3, 0.4) is 0 Å². The molecule has 0 bridgehead atoms. The lowest BCUT2D eigenvalue weighted by Gasteiger charge is -2.61. The fraction of sp³-hybridized carbons (Fsp3) is 0.600. The SMILES string of the molecule is Cc1nn(C)c2sc(C(=O)N3CC(C)(C)C3(C)C)cc12. The van der Waals surface area contributed by atoms with Crippen LogP contribution in [0.2, 0.25) is 0 Å². The fourth-order valence-electron chi connectivity index (χ4n) is 2.83. The van der Waals surface area contributed by atoms with Crippen molar-refractivity contribution >= 4 is 27.5 Å². The summed E-state index contributed by atoms with van der Waals surface area (Å²) in [6.45, 7) is 11.5. The Morgan fingerprint density at radius 2 is 2.00 bits per heavy atom. The maximum atomic E-state index is 12.7. The van der Waals surface area contributed by atoms with Gasteiger partial charge in [0.05, 0.1) is 10.6 Å². The normalized spacial score (nSPS) is 20.2. The number of likely N-dealkylation sites (tertiary alicyclic amines) is 1. The number of hydrogen-bond donors (Lipinski definition) is 0. The smallest absolute Gasteiger partial charge is 0.264 e. The summed E-state index contributed by atoms with van der Waals surface area (Å²) in [5.41, 5.74) is 1.07. The predicted molar refractivity (Wildman–Crippen MR) is 82.2 cm³/mol. The molecule has 3 heterocycles. The highest BCUT2D eigenvalue weighted by Gasteiger charge is 2.54. The number of rotatable bonds is 1. The Hall–Kier alpha value is -1.36. The zero-order valence-corrected chi connectivity index (χ0v) is 13.8. The summed E-state index contributed by atoms with van der Waals surface area (Å²) < 4.78 is 1.86. The maximum absolute atomic E-state index is 12.7. The lowest BCUT2D eigenvalue weighted by atomic mass is 9.65. The predicted octanol–water partition coefficient (Wildman–Crippen LogP) is 3.20. The number of nitrogens with zero attached hydrogens (tertiary/aromatic N) is 3. The van der Waals surface area contributed by atoms with E-state index in [4.69, 9.17) is 0 Å². The van der Waals surface area contributed by atoms with Gasteiger partial charge >= 0.3 is 0 Å². The molecule has 1 saturated heterocycles. The van der Waals surface area contributed by atoms with E-state index < -0.39 is 0 Å². The van der Waals surface area contributed by atoms with Crippen molar-refractivity contribution in [3.8, 4) is 0 Å². The molecule has 4 nitrogen and oxygen atoms in total. The van der Waals surface area contributed by atoms with Gasteiger partial charge in [-0.25, -0.2) is 0 Å². The number of fused-ring (bicyclic) bond motifs is 1. The number of amides is 1. The fourth-order valence-corrected chi connectivity index (χ4v) is 3.90. The van der Waals surface area contributed by atoms with Crippen molar-refractivity contribution < 1.29 is 4.79 Å². The van der Waals surface area contributed by atoms with Crippen LogP contribution in [0.5, 0.6) is 0 Å². The van der Waals surface area contributed by atoms with Crippen LogP contribution < -0.4 is 0 Å². The highest BCUT2D eigenvalue weighted by molar-refractivity contribution is 7.20. The third kappa shape index (κ3) is 1.59. The van der Waals surface area contributed by atoms with Gasteiger partial charge in [-0.05, 0) is 26.8 Å². The van der Waals surface area contributed by atoms with Crippen molar-refractivity contribution in [2.24, 2.45) is 12.5 Å². The molecule has 108 valence electrons. The molecule has 0 spiro atoms. The van der Waals surface area contributed by atoms with Gasteiger partial charge in [0.15, 0.2) is 0 Å². The van der Waals surface area contributed by atoms with Gasteiger partial charge in [-0.15, -0.1) is 11.3 Å². The van der Waals surface area contributed by atoms with E-state index in [2.05, 4.69) is 32.8 Å². The first kappa shape index (κ1) is 13.6. The first-order chi connectivity index (χ1) is 9.15. The molecule has 0 aromatic carbocycles. The van der Waals surface area contributed by atoms with Crippen LogP contribution in [0.1, 0.15) is 43.1 Å². The minimum absolute atomic E-state index is 0.0897. The molecular weight excluding hydrogens is 270 g/mol. The molecule has 1 amide bonds. The topological polar surface area (TPSA) is 38.1 Å². The number of aromatic nitrogens is 2. The van der Waals surface area contributed by atoms with E-state index in [0.717, 1.165) is 27.3 Å². The second kappa shape index (κ2) is 3.85. The monoisotopic (exact) mass is 291 g/mol. The van der Waals surface area contributed by atoms with E-state index in [1.165, 1.54) is 0 Å². The second-order valence-electron chi connectivity index (χ2n) is 6.87. The molecule has 5 heteroatoms. The van der Waals surface area contributed by atoms with Gasteiger partial charge in [-0.3, -0.25) is 9.48 Å². The van der Waals surface area contributed by atoms with Crippen molar-refractivity contribution in [2.75, 3.05) is 6.54 Å². The maximum Gasteiger partial charge on any atom is 0.264 e. The van der Waals surface area contributed by atoms with Gasteiger partial charge in [0.2, 0.25) is 0 Å². The van der Waals surface area contributed by atoms with E-state index in [1.54, 1.807) is 11.3 Å². The summed E-state index contributed by atoms with van der Waals surface area (Å²) in [5, 5.41) is 5.48. The Morgan fingerprint density at radius 3 is 2.50 bits per heavy atom. The highest BCUT2D eigenvalue weighted by atomic mass is 32.1. The Bertz CT molecular complexity index is 674. The summed E-state index contributed by atoms with van der Waals surface area (Å²) in [4.78, 5) is 16.6. The molecule has 0 atom stereocenters. The van der Waals surface area contributed by atoms with Crippen LogP contribution in [0.15, 0.2) is 6.07 Å². The highest BCUT2D eigenvalue weighted by Crippen LogP contribution is 2.47. The molecule has 0 aliphatic carbocycles. The van der Waals surface area contributed by atoms with E-state index in [9.17, 15) is 4.79 Å². The molecule has 0 N–H and O–H groups in total. The average Bonchev–Trinajstić information content (AvgIpc) is 2.89. The van der Waals surface area contributed by atoms with Gasteiger partial charge in [-0.1, -0.05) is 13.8 Å². The van der Waals surface area contributed by atoms with Crippen molar-refractivity contribution in [2.45, 2.75) is 40.2 Å². The summed E-state index contributed by atoms with van der Waals surface area (Å²) in [5.74, 6) is 0.148.